The second kappa shape index (κ2) is 13.3. The van der Waals surface area contributed by atoms with E-state index in [9.17, 15) is 8.42 Å². The third-order valence-corrected chi connectivity index (χ3v) is 8.08. The molecular weight excluding hydrogens is 536 g/mol. The summed E-state index contributed by atoms with van der Waals surface area (Å²) in [7, 11) is -4.05. The van der Waals surface area contributed by atoms with E-state index in [0.717, 1.165) is 36.2 Å². The molecule has 4 atom stereocenters. The second-order valence-electron chi connectivity index (χ2n) is 10.3. The summed E-state index contributed by atoms with van der Waals surface area (Å²) in [4.78, 5) is 9.17. The second-order valence-corrected chi connectivity index (χ2v) is 11.5. The summed E-state index contributed by atoms with van der Waals surface area (Å²) in [5.41, 5.74) is 7.25. The molecule has 1 saturated carbocycles. The Bertz CT molecular complexity index is 1370. The van der Waals surface area contributed by atoms with Crippen molar-refractivity contribution in [2.24, 2.45) is 11.1 Å². The summed E-state index contributed by atoms with van der Waals surface area (Å²) in [6, 6.07) is 10.8. The molecule has 0 saturated heterocycles. The maximum atomic E-state index is 11.5. The molecule has 2 aromatic heterocycles. The molecule has 0 aliphatic heterocycles. The van der Waals surface area contributed by atoms with Crippen molar-refractivity contribution in [1.29, 1.82) is 0 Å². The first-order valence-corrected chi connectivity index (χ1v) is 15.3. The third kappa shape index (κ3) is 7.16. The minimum atomic E-state index is -4.05. The van der Waals surface area contributed by atoms with Gasteiger partial charge >= 0.3 is 10.3 Å². The van der Waals surface area contributed by atoms with Crippen molar-refractivity contribution in [3.8, 4) is 0 Å². The maximum absolute atomic E-state index is 11.5. The van der Waals surface area contributed by atoms with Crippen LogP contribution in [0.5, 0.6) is 0 Å². The highest BCUT2D eigenvalue weighted by atomic mass is 32.2. The highest BCUT2D eigenvalue weighted by Gasteiger charge is 2.37. The number of aromatic nitrogens is 3. The number of nitrogens with two attached hydrogens (primary N) is 1. The van der Waals surface area contributed by atoms with Crippen LogP contribution < -0.4 is 16.2 Å². The Labute approximate surface area is 234 Å². The monoisotopic (exact) mass is 575 g/mol. The molecule has 0 spiro atoms. The van der Waals surface area contributed by atoms with Crippen LogP contribution in [0.2, 0.25) is 0 Å². The van der Waals surface area contributed by atoms with E-state index in [1.165, 1.54) is 11.1 Å². The van der Waals surface area contributed by atoms with Gasteiger partial charge in [0.1, 0.15) is 17.8 Å². The quantitative estimate of drug-likeness (QED) is 0.227. The van der Waals surface area contributed by atoms with Gasteiger partial charge in [0, 0.05) is 18.2 Å². The van der Waals surface area contributed by atoms with Crippen molar-refractivity contribution in [2.75, 3.05) is 51.5 Å². The molecule has 0 bridgehead atoms. The third-order valence-electron chi connectivity index (χ3n) is 7.62. The zero-order chi connectivity index (χ0) is 28.0. The molecule has 2 aliphatic rings. The Morgan fingerprint density at radius 1 is 1.05 bits per heavy atom. The topological polar surface area (TPSA) is 167 Å². The van der Waals surface area contributed by atoms with Crippen LogP contribution in [0.3, 0.4) is 0 Å². The maximum Gasteiger partial charge on any atom is 0.333 e. The molecule has 2 heterocycles. The van der Waals surface area contributed by atoms with Gasteiger partial charge in [0.05, 0.1) is 63.7 Å². The molecule has 1 aromatic carbocycles. The van der Waals surface area contributed by atoms with Crippen LogP contribution in [0, 0.1) is 5.92 Å². The highest BCUT2D eigenvalue weighted by Crippen LogP contribution is 2.40. The Morgan fingerprint density at radius 2 is 1.85 bits per heavy atom. The number of nitrogens with one attached hydrogen (secondary N) is 1. The summed E-state index contributed by atoms with van der Waals surface area (Å²) in [6.07, 6.45) is 6.79. The Balaban J connectivity index is 1.25. The number of ether oxygens (including phenoxy) is 3. The summed E-state index contributed by atoms with van der Waals surface area (Å²) in [6.45, 7) is 3.08. The number of quaternary nitrogens is 1. The summed E-state index contributed by atoms with van der Waals surface area (Å²) >= 11 is 0. The number of rotatable bonds is 15. The predicted octanol–water partition coefficient (Wildman–Crippen LogP) is 1.36. The molecular formula is C27H39N6O6S+. The van der Waals surface area contributed by atoms with E-state index in [0.29, 0.717) is 45.9 Å². The molecule has 0 radical (unpaired) electrons. The van der Waals surface area contributed by atoms with Crippen LogP contribution in [0.25, 0.3) is 11.0 Å². The van der Waals surface area contributed by atoms with Crippen molar-refractivity contribution < 1.29 is 32.5 Å². The zero-order valence-electron chi connectivity index (χ0n) is 22.6. The number of anilines is 1. The molecule has 40 heavy (non-hydrogen) atoms. The van der Waals surface area contributed by atoms with Gasteiger partial charge in [0.25, 0.3) is 0 Å². The van der Waals surface area contributed by atoms with Crippen molar-refractivity contribution in [2.45, 2.75) is 43.9 Å². The lowest BCUT2D eigenvalue weighted by atomic mass is 10.1. The van der Waals surface area contributed by atoms with E-state index < -0.39 is 10.3 Å². The number of hydrogen-bond donors (Lipinski definition) is 3. The molecule has 6 N–H and O–H groups in total. The van der Waals surface area contributed by atoms with Gasteiger partial charge in [-0.15, -0.1) is 0 Å². The first-order chi connectivity index (χ1) is 19.4. The Hall–Kier alpha value is -2.65. The van der Waals surface area contributed by atoms with Gasteiger partial charge in [-0.1, -0.05) is 24.3 Å². The number of hydrogen-bond acceptors (Lipinski definition) is 9. The van der Waals surface area contributed by atoms with Crippen LogP contribution in [0.15, 0.2) is 42.9 Å². The smallest absolute Gasteiger partial charge is 0.333 e. The van der Waals surface area contributed by atoms with E-state index in [1.807, 2.05) is 12.3 Å². The van der Waals surface area contributed by atoms with E-state index in [-0.39, 0.29) is 30.7 Å². The molecule has 218 valence electrons. The van der Waals surface area contributed by atoms with Crippen LogP contribution >= 0.6 is 0 Å². The number of fused-ring (bicyclic) bond motifs is 2. The van der Waals surface area contributed by atoms with Crippen LogP contribution in [0.4, 0.5) is 5.82 Å². The van der Waals surface area contributed by atoms with Crippen LogP contribution in [-0.4, -0.2) is 75.2 Å². The van der Waals surface area contributed by atoms with Gasteiger partial charge < -0.3 is 29.8 Å². The molecule has 2 aliphatic carbocycles. The van der Waals surface area contributed by atoms with E-state index >= 15 is 0 Å². The lowest BCUT2D eigenvalue weighted by molar-refractivity contribution is -0.374. The zero-order valence-corrected chi connectivity index (χ0v) is 23.4. The van der Waals surface area contributed by atoms with E-state index in [1.54, 1.807) is 6.33 Å². The predicted molar refractivity (Wildman–Crippen MR) is 149 cm³/mol. The van der Waals surface area contributed by atoms with Crippen LogP contribution in [0.1, 0.15) is 42.5 Å². The van der Waals surface area contributed by atoms with Crippen molar-refractivity contribution in [3.05, 3.63) is 54.0 Å². The number of benzene rings is 1. The average molecular weight is 576 g/mol. The van der Waals surface area contributed by atoms with E-state index in [4.69, 9.17) is 23.5 Å². The first-order valence-electron chi connectivity index (χ1n) is 13.8. The highest BCUT2D eigenvalue weighted by molar-refractivity contribution is 7.84. The fraction of sp³-hybridized carbons (Fsp3) is 0.556. The molecule has 3 aromatic rings. The van der Waals surface area contributed by atoms with Crippen molar-refractivity contribution in [1.82, 2.24) is 14.5 Å². The molecule has 4 unspecified atom stereocenters. The first kappa shape index (κ1) is 28.9. The van der Waals surface area contributed by atoms with Gasteiger partial charge in [-0.05, 0) is 42.9 Å². The van der Waals surface area contributed by atoms with Gasteiger partial charge in [0.2, 0.25) is 0 Å². The Kier molecular flexibility index (Phi) is 9.63. The SMILES string of the molecule is NS(=O)(=O)OCC1CC(n2ccc3c(NC4CCc5ccccc54)ncnc32)CC1OCCOCCOCC[NH3+]. The van der Waals surface area contributed by atoms with Crippen molar-refractivity contribution in [3.63, 3.8) is 0 Å². The van der Waals surface area contributed by atoms with Gasteiger partial charge in [-0.25, -0.2) is 15.1 Å². The average Bonchev–Trinajstić information content (AvgIpc) is 3.66. The fourth-order valence-corrected chi connectivity index (χ4v) is 6.15. The minimum Gasteiger partial charge on any atom is -0.377 e. The molecule has 1 fully saturated rings. The van der Waals surface area contributed by atoms with Crippen LogP contribution in [-0.2, 0) is 35.1 Å². The lowest BCUT2D eigenvalue weighted by Crippen LogP contribution is -2.52. The largest absolute Gasteiger partial charge is 0.377 e. The summed E-state index contributed by atoms with van der Waals surface area (Å²) in [5, 5.41) is 9.70. The molecule has 5 rings (SSSR count). The Morgan fingerprint density at radius 3 is 2.67 bits per heavy atom. The van der Waals surface area contributed by atoms with Crippen molar-refractivity contribution >= 4 is 27.2 Å². The number of aryl methyl sites for hydroxylation is 1. The summed E-state index contributed by atoms with van der Waals surface area (Å²) in [5.74, 6) is 0.650. The normalized spacial score (nSPS) is 22.6. The molecule has 12 nitrogen and oxygen atoms in total. The lowest BCUT2D eigenvalue weighted by Gasteiger charge is -2.19. The van der Waals surface area contributed by atoms with Gasteiger partial charge in [0.15, 0.2) is 0 Å². The number of nitrogens with zero attached hydrogens (tertiary/aromatic N) is 3. The molecule has 13 heteroatoms. The van der Waals surface area contributed by atoms with Gasteiger partial charge in [-0.2, -0.15) is 8.42 Å². The standard InChI is InChI=1S/C27H38N6O6S/c28-8-10-36-11-12-37-13-14-38-25-16-21(15-20(25)17-39-40(29,34)35)33-9-7-23-26(30-18-31-27(23)33)32-24-6-5-19-3-1-2-4-22(19)24/h1-4,7,9,18,20-21,24-25H,5-6,8,10-17,28H2,(H2,29,34,35)(H,30,31,32)/p+1. The summed E-state index contributed by atoms with van der Waals surface area (Å²) < 4.78 is 47.2. The fourth-order valence-electron chi connectivity index (χ4n) is 5.78. The molecule has 0 amide bonds. The minimum absolute atomic E-state index is 0.0399. The van der Waals surface area contributed by atoms with Gasteiger partial charge in [-0.3, -0.25) is 4.18 Å². The van der Waals surface area contributed by atoms with E-state index in [2.05, 4.69) is 49.9 Å².